The third kappa shape index (κ3) is 2.60. The standard InChI is InChI=1S/C13H15ClO/c14-12-8-6-11(7-9-12)13(15)10-4-2-1-3-5-10/h1-5,11-12H,6-9H2. The smallest absolute Gasteiger partial charge is 0.165 e. The molecule has 1 nitrogen and oxygen atoms in total. The zero-order valence-electron chi connectivity index (χ0n) is 8.66. The summed E-state index contributed by atoms with van der Waals surface area (Å²) in [6, 6.07) is 9.57. The van der Waals surface area contributed by atoms with Crippen LogP contribution in [0.4, 0.5) is 0 Å². The van der Waals surface area contributed by atoms with Crippen LogP contribution in [0.3, 0.4) is 0 Å². The van der Waals surface area contributed by atoms with Crippen LogP contribution in [-0.2, 0) is 0 Å². The average molecular weight is 223 g/mol. The zero-order valence-corrected chi connectivity index (χ0v) is 9.41. The van der Waals surface area contributed by atoms with E-state index in [0.29, 0.717) is 5.78 Å². The summed E-state index contributed by atoms with van der Waals surface area (Å²) >= 11 is 6.02. The molecule has 2 rings (SSSR count). The molecule has 1 aromatic carbocycles. The fourth-order valence-electron chi connectivity index (χ4n) is 2.15. The zero-order chi connectivity index (χ0) is 10.7. The topological polar surface area (TPSA) is 17.1 Å². The Kier molecular flexibility index (Phi) is 3.42. The maximum atomic E-state index is 12.1. The predicted octanol–water partition coefficient (Wildman–Crippen LogP) is 3.67. The first kappa shape index (κ1) is 10.7. The molecule has 0 aromatic heterocycles. The fourth-order valence-corrected chi connectivity index (χ4v) is 2.41. The lowest BCUT2D eigenvalue weighted by Gasteiger charge is -2.23. The molecule has 0 amide bonds. The molecule has 0 aliphatic heterocycles. The van der Waals surface area contributed by atoms with Gasteiger partial charge in [-0.1, -0.05) is 30.3 Å². The number of rotatable bonds is 2. The van der Waals surface area contributed by atoms with Gasteiger partial charge in [-0.2, -0.15) is 0 Å². The SMILES string of the molecule is O=C(c1ccccc1)C1CCC(Cl)CC1. The molecule has 0 atom stereocenters. The first-order chi connectivity index (χ1) is 7.27. The van der Waals surface area contributed by atoms with E-state index in [2.05, 4.69) is 0 Å². The van der Waals surface area contributed by atoms with Crippen LogP contribution in [0.15, 0.2) is 30.3 Å². The van der Waals surface area contributed by atoms with Gasteiger partial charge in [-0.05, 0) is 25.7 Å². The van der Waals surface area contributed by atoms with E-state index in [1.165, 1.54) is 0 Å². The van der Waals surface area contributed by atoms with Crippen molar-refractivity contribution in [1.29, 1.82) is 0 Å². The summed E-state index contributed by atoms with van der Waals surface area (Å²) in [7, 11) is 0. The van der Waals surface area contributed by atoms with Crippen LogP contribution in [0.5, 0.6) is 0 Å². The largest absolute Gasteiger partial charge is 0.294 e. The quantitative estimate of drug-likeness (QED) is 0.551. The molecule has 1 aromatic rings. The number of benzene rings is 1. The van der Waals surface area contributed by atoms with Gasteiger partial charge in [0.1, 0.15) is 0 Å². The van der Waals surface area contributed by atoms with E-state index in [1.54, 1.807) is 0 Å². The third-order valence-corrected chi connectivity index (χ3v) is 3.52. The summed E-state index contributed by atoms with van der Waals surface area (Å²) < 4.78 is 0. The van der Waals surface area contributed by atoms with Crippen molar-refractivity contribution < 1.29 is 4.79 Å². The number of ketones is 1. The Morgan fingerprint density at radius 1 is 1.07 bits per heavy atom. The Labute approximate surface area is 95.4 Å². The van der Waals surface area contributed by atoms with Gasteiger partial charge in [0.25, 0.3) is 0 Å². The second kappa shape index (κ2) is 4.80. The lowest BCUT2D eigenvalue weighted by molar-refractivity contribution is 0.0890. The van der Waals surface area contributed by atoms with Crippen molar-refractivity contribution in [1.82, 2.24) is 0 Å². The first-order valence-corrected chi connectivity index (χ1v) is 5.94. The maximum Gasteiger partial charge on any atom is 0.165 e. The number of carbonyl (C=O) groups is 1. The van der Waals surface area contributed by atoms with Gasteiger partial charge in [-0.25, -0.2) is 0 Å². The van der Waals surface area contributed by atoms with E-state index in [1.807, 2.05) is 30.3 Å². The summed E-state index contributed by atoms with van der Waals surface area (Å²) in [6.07, 6.45) is 3.85. The molecular weight excluding hydrogens is 208 g/mol. The number of carbonyl (C=O) groups excluding carboxylic acids is 1. The van der Waals surface area contributed by atoms with E-state index in [4.69, 9.17) is 11.6 Å². The number of hydrogen-bond donors (Lipinski definition) is 0. The average Bonchev–Trinajstić information content (AvgIpc) is 2.30. The highest BCUT2D eigenvalue weighted by Crippen LogP contribution is 2.29. The highest BCUT2D eigenvalue weighted by molar-refractivity contribution is 6.20. The van der Waals surface area contributed by atoms with E-state index in [9.17, 15) is 4.79 Å². The minimum absolute atomic E-state index is 0.197. The molecule has 1 aliphatic carbocycles. The fraction of sp³-hybridized carbons (Fsp3) is 0.462. The molecule has 0 unspecified atom stereocenters. The molecule has 0 spiro atoms. The monoisotopic (exact) mass is 222 g/mol. The maximum absolute atomic E-state index is 12.1. The van der Waals surface area contributed by atoms with Gasteiger partial charge in [-0.3, -0.25) is 4.79 Å². The molecule has 80 valence electrons. The van der Waals surface area contributed by atoms with E-state index < -0.39 is 0 Å². The Bertz CT molecular complexity index is 326. The Morgan fingerprint density at radius 3 is 2.27 bits per heavy atom. The van der Waals surface area contributed by atoms with Gasteiger partial charge in [0.2, 0.25) is 0 Å². The Hall–Kier alpha value is -0.820. The molecule has 0 N–H and O–H groups in total. The van der Waals surface area contributed by atoms with Gasteiger partial charge in [0.05, 0.1) is 0 Å². The first-order valence-electron chi connectivity index (χ1n) is 5.50. The van der Waals surface area contributed by atoms with Crippen molar-refractivity contribution in [3.8, 4) is 0 Å². The number of alkyl halides is 1. The van der Waals surface area contributed by atoms with E-state index in [0.717, 1.165) is 31.2 Å². The number of Topliss-reactive ketones (excluding diaryl/α,β-unsaturated/α-hetero) is 1. The van der Waals surface area contributed by atoms with E-state index >= 15 is 0 Å². The number of hydrogen-bond acceptors (Lipinski definition) is 1. The summed E-state index contributed by atoms with van der Waals surface area (Å²) in [5, 5.41) is 0.282. The van der Waals surface area contributed by atoms with Crippen LogP contribution in [0.1, 0.15) is 36.0 Å². The third-order valence-electron chi connectivity index (χ3n) is 3.09. The van der Waals surface area contributed by atoms with Gasteiger partial charge in [0.15, 0.2) is 5.78 Å². The van der Waals surface area contributed by atoms with Crippen LogP contribution in [0.25, 0.3) is 0 Å². The highest BCUT2D eigenvalue weighted by Gasteiger charge is 2.25. The normalized spacial score (nSPS) is 26.2. The molecule has 0 heterocycles. The van der Waals surface area contributed by atoms with Crippen molar-refractivity contribution in [2.75, 3.05) is 0 Å². The molecule has 1 aliphatic rings. The second-order valence-electron chi connectivity index (χ2n) is 4.18. The van der Waals surface area contributed by atoms with Crippen LogP contribution in [0.2, 0.25) is 0 Å². The molecule has 2 heteroatoms. The Balaban J connectivity index is 2.03. The molecule has 15 heavy (non-hydrogen) atoms. The van der Waals surface area contributed by atoms with Gasteiger partial charge in [-0.15, -0.1) is 11.6 Å². The summed E-state index contributed by atoms with van der Waals surface area (Å²) in [5.74, 6) is 0.488. The van der Waals surface area contributed by atoms with Crippen molar-refractivity contribution in [3.05, 3.63) is 35.9 Å². The lowest BCUT2D eigenvalue weighted by atomic mass is 9.84. The second-order valence-corrected chi connectivity index (χ2v) is 4.80. The van der Waals surface area contributed by atoms with Gasteiger partial charge >= 0.3 is 0 Å². The molecule has 0 saturated heterocycles. The number of halogens is 1. The minimum Gasteiger partial charge on any atom is -0.294 e. The van der Waals surface area contributed by atoms with Crippen molar-refractivity contribution in [2.24, 2.45) is 5.92 Å². The molecular formula is C13H15ClO. The van der Waals surface area contributed by atoms with Crippen LogP contribution < -0.4 is 0 Å². The summed E-state index contributed by atoms with van der Waals surface area (Å²) in [6.45, 7) is 0. The van der Waals surface area contributed by atoms with Crippen LogP contribution in [0, 0.1) is 5.92 Å². The van der Waals surface area contributed by atoms with Gasteiger partial charge < -0.3 is 0 Å². The highest BCUT2D eigenvalue weighted by atomic mass is 35.5. The summed E-state index contributed by atoms with van der Waals surface area (Å²) in [4.78, 5) is 12.1. The molecule has 1 fully saturated rings. The van der Waals surface area contributed by atoms with E-state index in [-0.39, 0.29) is 11.3 Å². The minimum atomic E-state index is 0.197. The molecule has 1 saturated carbocycles. The van der Waals surface area contributed by atoms with Gasteiger partial charge in [0, 0.05) is 16.9 Å². The predicted molar refractivity (Wildman–Crippen MR) is 62.4 cm³/mol. The van der Waals surface area contributed by atoms with Crippen molar-refractivity contribution in [3.63, 3.8) is 0 Å². The van der Waals surface area contributed by atoms with Crippen molar-refractivity contribution >= 4 is 17.4 Å². The lowest BCUT2D eigenvalue weighted by Crippen LogP contribution is -2.22. The van der Waals surface area contributed by atoms with Crippen molar-refractivity contribution in [2.45, 2.75) is 31.1 Å². The van der Waals surface area contributed by atoms with Crippen LogP contribution in [-0.4, -0.2) is 11.2 Å². The molecule has 0 bridgehead atoms. The Morgan fingerprint density at radius 2 is 1.67 bits per heavy atom. The summed E-state index contributed by atoms with van der Waals surface area (Å²) in [5.41, 5.74) is 0.843. The molecule has 0 radical (unpaired) electrons. The van der Waals surface area contributed by atoms with Crippen LogP contribution >= 0.6 is 11.6 Å².